The molecule has 0 saturated carbocycles. The average Bonchev–Trinajstić information content (AvgIpc) is 3.40. The molecule has 9 heteroatoms. The quantitative estimate of drug-likeness (QED) is 0.363. The van der Waals surface area contributed by atoms with Gasteiger partial charge in [-0.05, 0) is 55.0 Å². The van der Waals surface area contributed by atoms with Crippen molar-refractivity contribution in [3.63, 3.8) is 0 Å². The smallest absolute Gasteiger partial charge is 0.262 e. The highest BCUT2D eigenvalue weighted by Crippen LogP contribution is 2.16. The molecule has 0 aliphatic rings. The van der Waals surface area contributed by atoms with E-state index in [1.165, 1.54) is 4.57 Å². The SMILES string of the molecule is COc1ccc(CNC(=O)c2ccc3c(c2)c(=O)n(CCOc2ccc(C)cc2)c2nncn32)cc1. The minimum absolute atomic E-state index is 0.261. The van der Waals surface area contributed by atoms with Crippen LogP contribution >= 0.6 is 0 Å². The topological polar surface area (TPSA) is 99.8 Å². The number of carbonyl (C=O) groups excluding carboxylic acids is 1. The van der Waals surface area contributed by atoms with Crippen LogP contribution in [-0.2, 0) is 13.1 Å². The summed E-state index contributed by atoms with van der Waals surface area (Å²) in [6.07, 6.45) is 1.55. The molecule has 0 atom stereocenters. The van der Waals surface area contributed by atoms with Crippen LogP contribution in [0.15, 0.2) is 77.9 Å². The molecule has 0 bridgehead atoms. The Morgan fingerprint density at radius 1 is 1.00 bits per heavy atom. The maximum atomic E-state index is 13.4. The van der Waals surface area contributed by atoms with Gasteiger partial charge in [0.15, 0.2) is 0 Å². The molecule has 36 heavy (non-hydrogen) atoms. The molecule has 0 unspecified atom stereocenters. The highest BCUT2D eigenvalue weighted by Gasteiger charge is 2.15. The van der Waals surface area contributed by atoms with Crippen LogP contribution < -0.4 is 20.3 Å². The first-order valence-corrected chi connectivity index (χ1v) is 11.5. The van der Waals surface area contributed by atoms with E-state index in [0.717, 1.165) is 22.6 Å². The van der Waals surface area contributed by atoms with Crippen LogP contribution in [-0.4, -0.2) is 38.8 Å². The molecule has 0 aliphatic carbocycles. The summed E-state index contributed by atoms with van der Waals surface area (Å²) in [5.74, 6) is 1.62. The van der Waals surface area contributed by atoms with Crippen molar-refractivity contribution < 1.29 is 14.3 Å². The molecule has 3 aromatic carbocycles. The van der Waals surface area contributed by atoms with E-state index in [4.69, 9.17) is 9.47 Å². The van der Waals surface area contributed by atoms with Gasteiger partial charge in [-0.2, -0.15) is 0 Å². The van der Waals surface area contributed by atoms with Crippen LogP contribution in [0.25, 0.3) is 16.7 Å². The molecule has 2 aromatic heterocycles. The van der Waals surface area contributed by atoms with Gasteiger partial charge < -0.3 is 14.8 Å². The van der Waals surface area contributed by atoms with E-state index in [1.807, 2.05) is 55.5 Å². The molecule has 0 radical (unpaired) electrons. The van der Waals surface area contributed by atoms with Crippen molar-refractivity contribution in [1.82, 2.24) is 24.5 Å². The third kappa shape index (κ3) is 4.63. The largest absolute Gasteiger partial charge is 0.497 e. The number of rotatable bonds is 8. The number of benzene rings is 3. The molecule has 9 nitrogen and oxygen atoms in total. The number of ether oxygens (including phenoxy) is 2. The Hall–Kier alpha value is -4.66. The van der Waals surface area contributed by atoms with Crippen molar-refractivity contribution in [2.24, 2.45) is 0 Å². The molecular formula is C27H25N5O4. The number of fused-ring (bicyclic) bond motifs is 3. The first kappa shape index (κ1) is 23.1. The molecule has 5 rings (SSSR count). The van der Waals surface area contributed by atoms with Gasteiger partial charge in [0.25, 0.3) is 11.5 Å². The van der Waals surface area contributed by atoms with Crippen LogP contribution in [0.1, 0.15) is 21.5 Å². The summed E-state index contributed by atoms with van der Waals surface area (Å²) in [7, 11) is 1.61. The van der Waals surface area contributed by atoms with E-state index < -0.39 is 0 Å². The van der Waals surface area contributed by atoms with Crippen molar-refractivity contribution in [2.75, 3.05) is 13.7 Å². The summed E-state index contributed by atoms with van der Waals surface area (Å²) < 4.78 is 14.2. The fourth-order valence-corrected chi connectivity index (χ4v) is 4.00. The number of hydrogen-bond acceptors (Lipinski definition) is 6. The Morgan fingerprint density at radius 2 is 1.75 bits per heavy atom. The van der Waals surface area contributed by atoms with Crippen molar-refractivity contribution in [3.8, 4) is 11.5 Å². The Bertz CT molecular complexity index is 1590. The molecule has 182 valence electrons. The zero-order chi connectivity index (χ0) is 25.1. The summed E-state index contributed by atoms with van der Waals surface area (Å²) in [5, 5.41) is 11.4. The van der Waals surface area contributed by atoms with Gasteiger partial charge in [-0.1, -0.05) is 29.8 Å². The van der Waals surface area contributed by atoms with Gasteiger partial charge in [-0.25, -0.2) is 0 Å². The predicted octanol–water partition coefficient (Wildman–Crippen LogP) is 3.37. The maximum Gasteiger partial charge on any atom is 0.262 e. The molecule has 0 aliphatic heterocycles. The predicted molar refractivity (Wildman–Crippen MR) is 136 cm³/mol. The normalized spacial score (nSPS) is 11.1. The lowest BCUT2D eigenvalue weighted by molar-refractivity contribution is 0.0951. The molecule has 0 spiro atoms. The second kappa shape index (κ2) is 9.91. The van der Waals surface area contributed by atoms with E-state index in [0.29, 0.717) is 28.8 Å². The van der Waals surface area contributed by atoms with Crippen LogP contribution in [0.4, 0.5) is 0 Å². The molecular weight excluding hydrogens is 458 g/mol. The van der Waals surface area contributed by atoms with E-state index in [-0.39, 0.29) is 24.6 Å². The highest BCUT2D eigenvalue weighted by molar-refractivity contribution is 5.98. The van der Waals surface area contributed by atoms with Crippen molar-refractivity contribution >= 4 is 22.6 Å². The third-order valence-electron chi connectivity index (χ3n) is 5.98. The lowest BCUT2D eigenvalue weighted by Crippen LogP contribution is -2.27. The summed E-state index contributed by atoms with van der Waals surface area (Å²) in [6, 6.07) is 20.2. The first-order valence-electron chi connectivity index (χ1n) is 11.5. The van der Waals surface area contributed by atoms with Crippen LogP contribution in [0, 0.1) is 6.92 Å². The number of hydrogen-bond donors (Lipinski definition) is 1. The zero-order valence-corrected chi connectivity index (χ0v) is 20.0. The lowest BCUT2D eigenvalue weighted by Gasteiger charge is -2.12. The molecule has 0 fully saturated rings. The Balaban J connectivity index is 1.38. The minimum atomic E-state index is -0.273. The summed E-state index contributed by atoms with van der Waals surface area (Å²) in [4.78, 5) is 26.3. The number of methoxy groups -OCH3 is 1. The Morgan fingerprint density at radius 3 is 2.50 bits per heavy atom. The number of aryl methyl sites for hydroxylation is 1. The van der Waals surface area contributed by atoms with Gasteiger partial charge in [0.1, 0.15) is 24.4 Å². The Labute approximate surface area is 206 Å². The molecule has 1 amide bonds. The van der Waals surface area contributed by atoms with Crippen LogP contribution in [0.3, 0.4) is 0 Å². The van der Waals surface area contributed by atoms with E-state index in [9.17, 15) is 9.59 Å². The van der Waals surface area contributed by atoms with Crippen LogP contribution in [0.5, 0.6) is 11.5 Å². The molecule has 5 aromatic rings. The number of aromatic nitrogens is 4. The summed E-state index contributed by atoms with van der Waals surface area (Å²) in [5.41, 5.74) is 2.84. The van der Waals surface area contributed by atoms with Gasteiger partial charge >= 0.3 is 0 Å². The van der Waals surface area contributed by atoms with Gasteiger partial charge in [0.2, 0.25) is 5.78 Å². The lowest BCUT2D eigenvalue weighted by atomic mass is 10.1. The van der Waals surface area contributed by atoms with E-state index in [2.05, 4.69) is 15.5 Å². The second-order valence-corrected chi connectivity index (χ2v) is 8.38. The zero-order valence-electron chi connectivity index (χ0n) is 20.0. The number of nitrogens with one attached hydrogen (secondary N) is 1. The van der Waals surface area contributed by atoms with E-state index >= 15 is 0 Å². The number of carbonyl (C=O) groups is 1. The average molecular weight is 484 g/mol. The third-order valence-corrected chi connectivity index (χ3v) is 5.98. The molecule has 1 N–H and O–H groups in total. The number of nitrogens with zero attached hydrogens (tertiary/aromatic N) is 4. The monoisotopic (exact) mass is 483 g/mol. The highest BCUT2D eigenvalue weighted by atomic mass is 16.5. The maximum absolute atomic E-state index is 13.4. The fourth-order valence-electron chi connectivity index (χ4n) is 4.00. The van der Waals surface area contributed by atoms with Gasteiger partial charge in [0, 0.05) is 12.1 Å². The van der Waals surface area contributed by atoms with Gasteiger partial charge in [-0.15, -0.1) is 10.2 Å². The standard InChI is InChI=1S/C27H25N5O4/c1-18-3-8-22(9-4-18)36-14-13-31-26(34)23-15-20(7-12-24(23)32-17-29-30-27(31)32)25(33)28-16-19-5-10-21(35-2)11-6-19/h3-12,15,17H,13-14,16H2,1-2H3,(H,28,33). The van der Waals surface area contributed by atoms with Gasteiger partial charge in [0.05, 0.1) is 24.6 Å². The van der Waals surface area contributed by atoms with E-state index in [1.54, 1.807) is 36.0 Å². The minimum Gasteiger partial charge on any atom is -0.497 e. The number of amides is 1. The fraction of sp³-hybridized carbons (Fsp3) is 0.185. The van der Waals surface area contributed by atoms with Crippen LogP contribution in [0.2, 0.25) is 0 Å². The summed E-state index contributed by atoms with van der Waals surface area (Å²) in [6.45, 7) is 2.91. The van der Waals surface area contributed by atoms with Gasteiger partial charge in [-0.3, -0.25) is 18.6 Å². The van der Waals surface area contributed by atoms with Crippen molar-refractivity contribution in [2.45, 2.75) is 20.0 Å². The molecule has 0 saturated heterocycles. The second-order valence-electron chi connectivity index (χ2n) is 8.38. The molecule has 2 heterocycles. The Kier molecular flexibility index (Phi) is 6.36. The summed E-state index contributed by atoms with van der Waals surface area (Å²) >= 11 is 0. The first-order chi connectivity index (χ1) is 17.5. The van der Waals surface area contributed by atoms with Crippen molar-refractivity contribution in [1.29, 1.82) is 0 Å². The van der Waals surface area contributed by atoms with Crippen molar-refractivity contribution in [3.05, 3.63) is 100 Å².